The van der Waals surface area contributed by atoms with E-state index in [2.05, 4.69) is 9.36 Å². The highest BCUT2D eigenvalue weighted by molar-refractivity contribution is 8.00. The molecule has 0 aliphatic carbocycles. The molecule has 0 bridgehead atoms. The first-order valence-electron chi connectivity index (χ1n) is 5.59. The molecule has 0 saturated carbocycles. The highest BCUT2D eigenvalue weighted by Gasteiger charge is 2.09. The molecule has 2 rings (SSSR count). The van der Waals surface area contributed by atoms with Crippen LogP contribution in [-0.4, -0.2) is 26.3 Å². The maximum Gasteiger partial charge on any atom is 0.174 e. The van der Waals surface area contributed by atoms with Gasteiger partial charge in [-0.3, -0.25) is 0 Å². The van der Waals surface area contributed by atoms with Crippen molar-refractivity contribution in [3.63, 3.8) is 0 Å². The van der Waals surface area contributed by atoms with Gasteiger partial charge in [-0.25, -0.2) is 4.98 Å². The van der Waals surface area contributed by atoms with Crippen LogP contribution in [0.2, 0.25) is 5.02 Å². The van der Waals surface area contributed by atoms with Gasteiger partial charge in [0.25, 0.3) is 0 Å². The largest absolute Gasteiger partial charge is 0.392 e. The number of rotatable bonds is 5. The molecule has 1 aromatic heterocycles. The summed E-state index contributed by atoms with van der Waals surface area (Å²) in [7, 11) is 0. The molecular formula is C12H13ClN2OS2. The van der Waals surface area contributed by atoms with Crippen molar-refractivity contribution in [3.8, 4) is 11.4 Å². The van der Waals surface area contributed by atoms with Crippen molar-refractivity contribution in [2.45, 2.75) is 23.8 Å². The van der Waals surface area contributed by atoms with Gasteiger partial charge in [-0.1, -0.05) is 30.3 Å². The second kappa shape index (κ2) is 6.52. The summed E-state index contributed by atoms with van der Waals surface area (Å²) in [6.07, 6.45) is 0.480. The van der Waals surface area contributed by atoms with E-state index in [1.165, 1.54) is 11.5 Å². The number of hydrogen-bond acceptors (Lipinski definition) is 5. The van der Waals surface area contributed by atoms with Crippen LogP contribution >= 0.6 is 34.9 Å². The van der Waals surface area contributed by atoms with E-state index >= 15 is 0 Å². The third kappa shape index (κ3) is 3.68. The lowest BCUT2D eigenvalue weighted by Gasteiger charge is -2.03. The van der Waals surface area contributed by atoms with Crippen LogP contribution in [0.15, 0.2) is 28.6 Å². The minimum absolute atomic E-state index is 0.280. The fourth-order valence-corrected chi connectivity index (χ4v) is 3.08. The molecule has 1 atom stereocenters. The Morgan fingerprint density at radius 1 is 1.39 bits per heavy atom. The number of aliphatic hydroxyl groups is 1. The van der Waals surface area contributed by atoms with Gasteiger partial charge in [0.2, 0.25) is 0 Å². The van der Waals surface area contributed by atoms with Crippen LogP contribution in [0.1, 0.15) is 13.3 Å². The van der Waals surface area contributed by atoms with Crippen molar-refractivity contribution >= 4 is 34.9 Å². The van der Waals surface area contributed by atoms with E-state index in [9.17, 15) is 5.11 Å². The van der Waals surface area contributed by atoms with Crippen molar-refractivity contribution in [2.24, 2.45) is 0 Å². The molecule has 1 heterocycles. The van der Waals surface area contributed by atoms with Gasteiger partial charge >= 0.3 is 0 Å². The van der Waals surface area contributed by atoms with Crippen LogP contribution in [0.4, 0.5) is 0 Å². The summed E-state index contributed by atoms with van der Waals surface area (Å²) in [5.74, 6) is 1.37. The molecular weight excluding hydrogens is 288 g/mol. The first kappa shape index (κ1) is 13.8. The first-order chi connectivity index (χ1) is 8.69. The molecule has 0 amide bonds. The van der Waals surface area contributed by atoms with Crippen LogP contribution in [0, 0.1) is 0 Å². The number of aliphatic hydroxyl groups excluding tert-OH is 1. The molecule has 1 aromatic carbocycles. The van der Waals surface area contributed by atoms with Crippen molar-refractivity contribution in [3.05, 3.63) is 29.3 Å². The Kier molecular flexibility index (Phi) is 5.00. The molecule has 1 unspecified atom stereocenters. The molecule has 0 saturated heterocycles. The normalized spacial score (nSPS) is 12.6. The molecule has 0 aliphatic rings. The van der Waals surface area contributed by atoms with Crippen molar-refractivity contribution < 1.29 is 5.11 Å². The SMILES string of the molecule is CCC(O)CSc1nc(-c2ccc(Cl)cc2)ns1. The smallest absolute Gasteiger partial charge is 0.174 e. The number of benzene rings is 1. The summed E-state index contributed by atoms with van der Waals surface area (Å²) in [5, 5.41) is 10.2. The number of halogens is 1. The predicted octanol–water partition coefficient (Wildman–Crippen LogP) is 3.72. The molecule has 3 nitrogen and oxygen atoms in total. The zero-order valence-electron chi connectivity index (χ0n) is 9.84. The Labute approximate surface area is 119 Å². The van der Waals surface area contributed by atoms with Gasteiger partial charge < -0.3 is 5.11 Å². The number of thioether (sulfide) groups is 1. The van der Waals surface area contributed by atoms with E-state index in [0.29, 0.717) is 16.6 Å². The molecule has 6 heteroatoms. The summed E-state index contributed by atoms with van der Waals surface area (Å²) >= 11 is 8.73. The molecule has 0 fully saturated rings. The third-order valence-corrected chi connectivity index (χ3v) is 4.61. The standard InChI is InChI=1S/C12H13ClN2OS2/c1-2-10(16)7-17-12-14-11(15-18-12)8-3-5-9(13)6-4-8/h3-6,10,16H,2,7H2,1H3. The average Bonchev–Trinajstić information content (AvgIpc) is 2.85. The molecule has 0 radical (unpaired) electrons. The summed E-state index contributed by atoms with van der Waals surface area (Å²) < 4.78 is 5.19. The molecule has 96 valence electrons. The van der Waals surface area contributed by atoms with E-state index in [-0.39, 0.29) is 6.10 Å². The fourth-order valence-electron chi connectivity index (χ4n) is 1.27. The maximum absolute atomic E-state index is 9.49. The van der Waals surface area contributed by atoms with E-state index in [4.69, 9.17) is 11.6 Å². The summed E-state index contributed by atoms with van der Waals surface area (Å²) in [4.78, 5) is 4.43. The molecule has 0 aliphatic heterocycles. The predicted molar refractivity (Wildman–Crippen MR) is 77.4 cm³/mol. The zero-order chi connectivity index (χ0) is 13.0. The molecule has 1 N–H and O–H groups in total. The summed E-state index contributed by atoms with van der Waals surface area (Å²) in [6, 6.07) is 7.45. The summed E-state index contributed by atoms with van der Waals surface area (Å²) in [6.45, 7) is 1.96. The van der Waals surface area contributed by atoms with Gasteiger partial charge in [0.1, 0.15) is 0 Å². The van der Waals surface area contributed by atoms with E-state index in [1.807, 2.05) is 31.2 Å². The number of aromatic nitrogens is 2. The van der Waals surface area contributed by atoms with Crippen LogP contribution in [0.5, 0.6) is 0 Å². The van der Waals surface area contributed by atoms with Crippen LogP contribution < -0.4 is 0 Å². The zero-order valence-corrected chi connectivity index (χ0v) is 12.2. The minimum Gasteiger partial charge on any atom is -0.392 e. The lowest BCUT2D eigenvalue weighted by molar-refractivity contribution is 0.195. The second-order valence-electron chi connectivity index (χ2n) is 3.76. The van der Waals surface area contributed by atoms with Crippen LogP contribution in [-0.2, 0) is 0 Å². The lowest BCUT2D eigenvalue weighted by atomic mass is 10.2. The highest BCUT2D eigenvalue weighted by atomic mass is 35.5. The summed E-state index contributed by atoms with van der Waals surface area (Å²) in [5.41, 5.74) is 0.957. The quantitative estimate of drug-likeness (QED) is 0.855. The average molecular weight is 301 g/mol. The highest BCUT2D eigenvalue weighted by Crippen LogP contribution is 2.26. The topological polar surface area (TPSA) is 46.0 Å². The molecule has 0 spiro atoms. The van der Waals surface area contributed by atoms with E-state index in [0.717, 1.165) is 16.3 Å². The fraction of sp³-hybridized carbons (Fsp3) is 0.333. The van der Waals surface area contributed by atoms with E-state index in [1.54, 1.807) is 11.8 Å². The molecule has 18 heavy (non-hydrogen) atoms. The number of nitrogens with zero attached hydrogens (tertiary/aromatic N) is 2. The van der Waals surface area contributed by atoms with Gasteiger partial charge in [0, 0.05) is 16.3 Å². The minimum atomic E-state index is -0.280. The van der Waals surface area contributed by atoms with Crippen molar-refractivity contribution in [1.29, 1.82) is 0 Å². The van der Waals surface area contributed by atoms with Crippen molar-refractivity contribution in [2.75, 3.05) is 5.75 Å². The monoisotopic (exact) mass is 300 g/mol. The van der Waals surface area contributed by atoms with Gasteiger partial charge in [0.15, 0.2) is 10.2 Å². The lowest BCUT2D eigenvalue weighted by Crippen LogP contribution is -2.06. The van der Waals surface area contributed by atoms with Crippen LogP contribution in [0.3, 0.4) is 0 Å². The van der Waals surface area contributed by atoms with Crippen molar-refractivity contribution in [1.82, 2.24) is 9.36 Å². The molecule has 2 aromatic rings. The van der Waals surface area contributed by atoms with Gasteiger partial charge in [0.05, 0.1) is 6.10 Å². The second-order valence-corrected chi connectivity index (χ2v) is 6.22. The Morgan fingerprint density at radius 3 is 2.78 bits per heavy atom. The Hall–Kier alpha value is -0.620. The Balaban J connectivity index is 2.03. The van der Waals surface area contributed by atoms with Crippen LogP contribution in [0.25, 0.3) is 11.4 Å². The Bertz CT molecular complexity index is 501. The first-order valence-corrected chi connectivity index (χ1v) is 7.73. The Morgan fingerprint density at radius 2 is 2.11 bits per heavy atom. The maximum atomic E-state index is 9.49. The van der Waals surface area contributed by atoms with Gasteiger partial charge in [-0.05, 0) is 42.2 Å². The van der Waals surface area contributed by atoms with Gasteiger partial charge in [-0.15, -0.1) is 0 Å². The number of hydrogen-bond donors (Lipinski definition) is 1. The third-order valence-electron chi connectivity index (χ3n) is 2.38. The van der Waals surface area contributed by atoms with Gasteiger partial charge in [-0.2, -0.15) is 4.37 Å². The van der Waals surface area contributed by atoms with E-state index < -0.39 is 0 Å².